The Labute approximate surface area is 241 Å². The molecule has 1 N–H and O–H groups in total. The second-order valence-electron chi connectivity index (χ2n) is 8.57. The summed E-state index contributed by atoms with van der Waals surface area (Å²) in [5, 5.41) is 5.07. The minimum atomic E-state index is -0.581. The summed E-state index contributed by atoms with van der Waals surface area (Å²) in [4.78, 5) is 16.5. The number of carbonyl (C=O) groups is 1. The minimum Gasteiger partial charge on any atom is -0.365 e. The van der Waals surface area contributed by atoms with Gasteiger partial charge in [-0.05, 0) is 53.9 Å². The summed E-state index contributed by atoms with van der Waals surface area (Å²) in [5.41, 5.74) is 2.57. The highest BCUT2D eigenvalue weighted by Gasteiger charge is 2.30. The first-order chi connectivity index (χ1) is 17.7. The topological polar surface area (TPSA) is 44.8 Å². The van der Waals surface area contributed by atoms with E-state index in [0.29, 0.717) is 32.4 Å². The summed E-state index contributed by atoms with van der Waals surface area (Å²) < 4.78 is 6.28. The van der Waals surface area contributed by atoms with Crippen LogP contribution < -0.4 is 5.32 Å². The molecule has 194 valence electrons. The van der Waals surface area contributed by atoms with Gasteiger partial charge in [-0.15, -0.1) is 0 Å². The number of halogens is 5. The molecule has 2 atom stereocenters. The second-order valence-corrected chi connectivity index (χ2v) is 10.7. The van der Waals surface area contributed by atoms with E-state index in [9.17, 15) is 4.79 Å². The van der Waals surface area contributed by atoms with Crippen LogP contribution in [-0.2, 0) is 16.1 Å². The summed E-state index contributed by atoms with van der Waals surface area (Å²) >= 11 is 31.7. The van der Waals surface area contributed by atoms with Crippen molar-refractivity contribution in [3.8, 4) is 0 Å². The lowest BCUT2D eigenvalue weighted by Gasteiger charge is -2.31. The predicted octanol–water partition coefficient (Wildman–Crippen LogP) is 8.12. The van der Waals surface area contributed by atoms with E-state index in [2.05, 4.69) is 5.32 Å². The minimum absolute atomic E-state index is 0.133. The Balaban J connectivity index is 1.42. The standard InChI is InChI=1S/C27H24Cl5N3O2/c1-17-3-2-4-22(30)25(17)33-24(36)14-34-11-12-35(16-34)27(32)26(18-5-8-20(28)9-6-18)37-15-19-7-10-21(29)13-23(19)31/h2-13,26-27H,14-16H2,1H3,(H,33,36). The first kappa shape index (κ1) is 27.9. The lowest BCUT2D eigenvalue weighted by atomic mass is 10.1. The molecule has 5 nitrogen and oxygen atoms in total. The van der Waals surface area contributed by atoms with Crippen molar-refractivity contribution in [2.24, 2.45) is 0 Å². The molecule has 0 aromatic heterocycles. The Bertz CT molecular complexity index is 1270. The van der Waals surface area contributed by atoms with Gasteiger partial charge in [-0.25, -0.2) is 0 Å². The number of hydrogen-bond acceptors (Lipinski definition) is 4. The fourth-order valence-corrected chi connectivity index (χ4v) is 5.08. The quantitative estimate of drug-likeness (QED) is 0.199. The molecule has 0 spiro atoms. The Morgan fingerprint density at radius 3 is 2.41 bits per heavy atom. The number of rotatable bonds is 9. The van der Waals surface area contributed by atoms with Gasteiger partial charge in [-0.2, -0.15) is 0 Å². The smallest absolute Gasteiger partial charge is 0.243 e. The SMILES string of the molecule is Cc1cccc(Cl)c1NC(=O)CN1C=CN(C(Cl)C(OCc2ccc(Cl)cc2Cl)c2ccc(Cl)cc2)C1. The molecule has 2 unspecified atom stereocenters. The monoisotopic (exact) mass is 597 g/mol. The van der Waals surface area contributed by atoms with Crippen molar-refractivity contribution in [3.63, 3.8) is 0 Å². The first-order valence-corrected chi connectivity index (χ1v) is 13.3. The number of anilines is 1. The molecular formula is C27H24Cl5N3O2. The fourth-order valence-electron chi connectivity index (χ4n) is 3.88. The lowest BCUT2D eigenvalue weighted by Crippen LogP contribution is -2.38. The molecule has 37 heavy (non-hydrogen) atoms. The van der Waals surface area contributed by atoms with Gasteiger partial charge in [-0.3, -0.25) is 4.79 Å². The van der Waals surface area contributed by atoms with E-state index in [-0.39, 0.29) is 19.1 Å². The molecule has 0 saturated carbocycles. The molecule has 1 amide bonds. The zero-order valence-electron chi connectivity index (χ0n) is 19.8. The van der Waals surface area contributed by atoms with Gasteiger partial charge in [0, 0.05) is 27.5 Å². The predicted molar refractivity (Wildman–Crippen MR) is 152 cm³/mol. The van der Waals surface area contributed by atoms with Crippen molar-refractivity contribution in [1.29, 1.82) is 0 Å². The molecule has 1 heterocycles. The molecule has 3 aromatic carbocycles. The van der Waals surface area contributed by atoms with Crippen LogP contribution in [0.4, 0.5) is 5.69 Å². The molecule has 0 aliphatic carbocycles. The average Bonchev–Trinajstić information content (AvgIpc) is 3.32. The molecule has 3 aromatic rings. The summed E-state index contributed by atoms with van der Waals surface area (Å²) in [6.07, 6.45) is 3.14. The number of benzene rings is 3. The van der Waals surface area contributed by atoms with Gasteiger partial charge in [0.1, 0.15) is 11.6 Å². The number of carbonyl (C=O) groups excluding carboxylic acids is 1. The van der Waals surface area contributed by atoms with E-state index < -0.39 is 11.6 Å². The number of hydrogen-bond donors (Lipinski definition) is 1. The molecule has 0 fully saturated rings. The highest BCUT2D eigenvalue weighted by atomic mass is 35.5. The highest BCUT2D eigenvalue weighted by Crippen LogP contribution is 2.33. The molecule has 1 aliphatic rings. The van der Waals surface area contributed by atoms with Crippen molar-refractivity contribution in [1.82, 2.24) is 9.80 Å². The number of alkyl halides is 1. The third-order valence-electron chi connectivity index (χ3n) is 5.85. The molecule has 0 saturated heterocycles. The van der Waals surface area contributed by atoms with Gasteiger partial charge in [0.05, 0.1) is 30.5 Å². The van der Waals surface area contributed by atoms with E-state index >= 15 is 0 Å². The van der Waals surface area contributed by atoms with Crippen molar-refractivity contribution in [2.45, 2.75) is 25.1 Å². The zero-order chi connectivity index (χ0) is 26.5. The third-order valence-corrected chi connectivity index (χ3v) is 7.48. The highest BCUT2D eigenvalue weighted by molar-refractivity contribution is 6.35. The Morgan fingerprint density at radius 1 is 0.973 bits per heavy atom. The van der Waals surface area contributed by atoms with E-state index in [1.807, 2.05) is 59.5 Å². The third kappa shape index (κ3) is 7.26. The first-order valence-electron chi connectivity index (χ1n) is 11.4. The van der Waals surface area contributed by atoms with E-state index in [4.69, 9.17) is 62.7 Å². The van der Waals surface area contributed by atoms with E-state index in [1.165, 1.54) is 0 Å². The van der Waals surface area contributed by atoms with Crippen molar-refractivity contribution in [2.75, 3.05) is 18.5 Å². The zero-order valence-corrected chi connectivity index (χ0v) is 23.6. The van der Waals surface area contributed by atoms with Crippen LogP contribution >= 0.6 is 58.0 Å². The molecule has 1 aliphatic heterocycles. The van der Waals surface area contributed by atoms with Crippen LogP contribution in [0.1, 0.15) is 22.8 Å². The van der Waals surface area contributed by atoms with Gasteiger partial charge in [0.25, 0.3) is 0 Å². The summed E-state index contributed by atoms with van der Waals surface area (Å²) in [7, 11) is 0. The molecule has 10 heteroatoms. The maximum atomic E-state index is 12.7. The number of para-hydroxylation sites is 1. The normalized spacial score (nSPS) is 14.6. The molecule has 4 rings (SSSR count). The van der Waals surface area contributed by atoms with Crippen LogP contribution in [0.3, 0.4) is 0 Å². The van der Waals surface area contributed by atoms with Crippen molar-refractivity contribution in [3.05, 3.63) is 110 Å². The van der Waals surface area contributed by atoms with Gasteiger partial charge < -0.3 is 19.9 Å². The summed E-state index contributed by atoms with van der Waals surface area (Å²) in [6, 6.07) is 18.1. The van der Waals surface area contributed by atoms with Gasteiger partial charge in [0.2, 0.25) is 5.91 Å². The second kappa shape index (κ2) is 12.6. The Hall–Kier alpha value is -2.12. The van der Waals surface area contributed by atoms with Crippen LogP contribution in [0.25, 0.3) is 0 Å². The van der Waals surface area contributed by atoms with Crippen LogP contribution in [-0.4, -0.2) is 34.4 Å². The number of ether oxygens (including phenoxy) is 1. The number of aryl methyl sites for hydroxylation is 1. The van der Waals surface area contributed by atoms with Crippen LogP contribution in [0.5, 0.6) is 0 Å². The van der Waals surface area contributed by atoms with Crippen LogP contribution in [0.2, 0.25) is 20.1 Å². The Morgan fingerprint density at radius 2 is 1.70 bits per heavy atom. The van der Waals surface area contributed by atoms with Crippen LogP contribution in [0.15, 0.2) is 73.1 Å². The van der Waals surface area contributed by atoms with Crippen molar-refractivity contribution >= 4 is 69.6 Å². The van der Waals surface area contributed by atoms with E-state index in [1.54, 1.807) is 30.3 Å². The Kier molecular flexibility index (Phi) is 9.51. The number of nitrogens with one attached hydrogen (secondary N) is 1. The summed E-state index contributed by atoms with van der Waals surface area (Å²) in [6.45, 7) is 2.66. The molecule has 0 radical (unpaired) electrons. The molecular weight excluding hydrogens is 576 g/mol. The van der Waals surface area contributed by atoms with Crippen molar-refractivity contribution < 1.29 is 9.53 Å². The van der Waals surface area contributed by atoms with Gasteiger partial charge >= 0.3 is 0 Å². The fraction of sp³-hybridized carbons (Fsp3) is 0.222. The number of amides is 1. The maximum absolute atomic E-state index is 12.7. The van der Waals surface area contributed by atoms with Crippen LogP contribution in [0, 0.1) is 6.92 Å². The maximum Gasteiger partial charge on any atom is 0.243 e. The summed E-state index contributed by atoms with van der Waals surface area (Å²) in [5.74, 6) is -0.184. The van der Waals surface area contributed by atoms with Gasteiger partial charge in [0.15, 0.2) is 0 Å². The molecule has 0 bridgehead atoms. The van der Waals surface area contributed by atoms with Gasteiger partial charge in [-0.1, -0.05) is 88.3 Å². The average molecular weight is 600 g/mol. The lowest BCUT2D eigenvalue weighted by molar-refractivity contribution is -0.117. The largest absolute Gasteiger partial charge is 0.365 e. The van der Waals surface area contributed by atoms with E-state index in [0.717, 1.165) is 16.7 Å². The number of nitrogens with zero attached hydrogens (tertiary/aromatic N) is 2.